The molecule has 0 saturated carbocycles. The molecule has 0 spiro atoms. The van der Waals surface area contributed by atoms with Crippen LogP contribution in [0.25, 0.3) is 0 Å². The topological polar surface area (TPSA) is 41.1 Å². The zero-order valence-corrected chi connectivity index (χ0v) is 9.05. The molecule has 0 aliphatic rings. The molecule has 0 saturated heterocycles. The maximum absolute atomic E-state index is 11.8. The number of halogens is 3. The molecule has 0 aromatic heterocycles. The molecule has 1 amide bonds. The second-order valence-corrected chi connectivity index (χ2v) is 3.48. The lowest BCUT2D eigenvalue weighted by molar-refractivity contribution is -0.128. The van der Waals surface area contributed by atoms with Crippen LogP contribution in [-0.2, 0) is 11.3 Å². The van der Waals surface area contributed by atoms with Crippen molar-refractivity contribution in [3.8, 4) is 0 Å². The van der Waals surface area contributed by atoms with E-state index in [4.69, 9.17) is 0 Å². The first-order valence-corrected chi connectivity index (χ1v) is 5.05. The van der Waals surface area contributed by atoms with Crippen LogP contribution in [0.2, 0.25) is 0 Å². The zero-order valence-electron chi connectivity index (χ0n) is 9.05. The summed E-state index contributed by atoms with van der Waals surface area (Å²) in [5.74, 6) is -0.460. The Balaban J connectivity index is 2.18. The van der Waals surface area contributed by atoms with Crippen molar-refractivity contribution < 1.29 is 18.0 Å². The van der Waals surface area contributed by atoms with Crippen molar-refractivity contribution in [2.75, 3.05) is 13.1 Å². The van der Waals surface area contributed by atoms with Crippen LogP contribution in [-0.4, -0.2) is 25.2 Å². The number of rotatable bonds is 5. The van der Waals surface area contributed by atoms with Gasteiger partial charge in [0, 0.05) is 6.54 Å². The lowest BCUT2D eigenvalue weighted by Crippen LogP contribution is -2.37. The second-order valence-electron chi connectivity index (χ2n) is 3.48. The van der Waals surface area contributed by atoms with E-state index in [-0.39, 0.29) is 6.54 Å². The monoisotopic (exact) mass is 246 g/mol. The fourth-order valence-electron chi connectivity index (χ4n) is 1.18. The molecule has 17 heavy (non-hydrogen) atoms. The van der Waals surface area contributed by atoms with E-state index in [9.17, 15) is 18.0 Å². The Morgan fingerprint density at radius 3 is 2.41 bits per heavy atom. The summed E-state index contributed by atoms with van der Waals surface area (Å²) in [6, 6.07) is 9.13. The lowest BCUT2D eigenvalue weighted by atomic mass is 10.2. The van der Waals surface area contributed by atoms with Gasteiger partial charge in [0.05, 0.1) is 13.1 Å². The molecule has 1 aromatic rings. The van der Waals surface area contributed by atoms with Gasteiger partial charge < -0.3 is 10.6 Å². The highest BCUT2D eigenvalue weighted by Crippen LogP contribution is 2.11. The Morgan fingerprint density at radius 2 is 1.82 bits per heavy atom. The molecule has 0 fully saturated rings. The van der Waals surface area contributed by atoms with E-state index in [1.165, 1.54) is 0 Å². The molecular weight excluding hydrogens is 233 g/mol. The Morgan fingerprint density at radius 1 is 1.18 bits per heavy atom. The third-order valence-corrected chi connectivity index (χ3v) is 1.94. The van der Waals surface area contributed by atoms with E-state index < -0.39 is 18.6 Å². The summed E-state index contributed by atoms with van der Waals surface area (Å²) >= 11 is 0. The highest BCUT2D eigenvalue weighted by Gasteiger charge is 2.26. The fraction of sp³-hybridized carbons (Fsp3) is 0.364. The summed E-state index contributed by atoms with van der Waals surface area (Å²) in [5.41, 5.74) is 0.900. The SMILES string of the molecule is O=C(CNCC(F)(F)F)NCc1ccccc1. The maximum Gasteiger partial charge on any atom is 0.401 e. The van der Waals surface area contributed by atoms with Gasteiger partial charge in [-0.25, -0.2) is 0 Å². The average Bonchev–Trinajstić information content (AvgIpc) is 2.26. The summed E-state index contributed by atoms with van der Waals surface area (Å²) in [4.78, 5) is 11.2. The third kappa shape index (κ3) is 6.57. The number of carbonyl (C=O) groups is 1. The molecular formula is C11H13F3N2O. The number of hydrogen-bond donors (Lipinski definition) is 2. The van der Waals surface area contributed by atoms with Gasteiger partial charge in [0.15, 0.2) is 0 Å². The maximum atomic E-state index is 11.8. The van der Waals surface area contributed by atoms with Crippen molar-refractivity contribution in [3.05, 3.63) is 35.9 Å². The fourth-order valence-corrected chi connectivity index (χ4v) is 1.18. The smallest absolute Gasteiger partial charge is 0.351 e. The van der Waals surface area contributed by atoms with Gasteiger partial charge in [0.25, 0.3) is 0 Å². The molecule has 0 radical (unpaired) electrons. The van der Waals surface area contributed by atoms with Gasteiger partial charge in [0.1, 0.15) is 0 Å². The summed E-state index contributed by atoms with van der Waals surface area (Å²) in [7, 11) is 0. The summed E-state index contributed by atoms with van der Waals surface area (Å²) in [5, 5.41) is 4.54. The van der Waals surface area contributed by atoms with E-state index >= 15 is 0 Å². The first-order chi connectivity index (χ1) is 7.97. The number of carbonyl (C=O) groups excluding carboxylic acids is 1. The number of amides is 1. The molecule has 0 atom stereocenters. The average molecular weight is 246 g/mol. The van der Waals surface area contributed by atoms with Gasteiger partial charge in [-0.2, -0.15) is 13.2 Å². The largest absolute Gasteiger partial charge is 0.401 e. The lowest BCUT2D eigenvalue weighted by Gasteiger charge is -2.08. The molecule has 0 unspecified atom stereocenters. The molecule has 0 aliphatic heterocycles. The molecule has 2 N–H and O–H groups in total. The minimum absolute atomic E-state index is 0.313. The predicted molar refractivity (Wildman–Crippen MR) is 57.2 cm³/mol. The molecule has 3 nitrogen and oxygen atoms in total. The minimum Gasteiger partial charge on any atom is -0.351 e. The number of alkyl halides is 3. The van der Waals surface area contributed by atoms with Crippen LogP contribution in [0.15, 0.2) is 30.3 Å². The molecule has 0 heterocycles. The minimum atomic E-state index is -4.29. The van der Waals surface area contributed by atoms with Crippen LogP contribution >= 0.6 is 0 Å². The van der Waals surface area contributed by atoms with Crippen molar-refractivity contribution in [2.45, 2.75) is 12.7 Å². The van der Waals surface area contributed by atoms with Crippen LogP contribution in [0.1, 0.15) is 5.56 Å². The van der Waals surface area contributed by atoms with Crippen molar-refractivity contribution in [3.63, 3.8) is 0 Å². The van der Waals surface area contributed by atoms with Gasteiger partial charge >= 0.3 is 6.18 Å². The first-order valence-electron chi connectivity index (χ1n) is 5.05. The molecule has 1 aromatic carbocycles. The van der Waals surface area contributed by atoms with Crippen LogP contribution < -0.4 is 10.6 Å². The summed E-state index contributed by atoms with van der Waals surface area (Å²) in [6.07, 6.45) is -4.29. The van der Waals surface area contributed by atoms with Crippen molar-refractivity contribution >= 4 is 5.91 Å². The van der Waals surface area contributed by atoms with Crippen LogP contribution in [0.5, 0.6) is 0 Å². The van der Waals surface area contributed by atoms with E-state index in [2.05, 4.69) is 5.32 Å². The van der Waals surface area contributed by atoms with Gasteiger partial charge in [-0.15, -0.1) is 0 Å². The van der Waals surface area contributed by atoms with Gasteiger partial charge in [-0.1, -0.05) is 30.3 Å². The van der Waals surface area contributed by atoms with Crippen molar-refractivity contribution in [2.24, 2.45) is 0 Å². The Labute approximate surface area is 97.0 Å². The van der Waals surface area contributed by atoms with Crippen LogP contribution in [0.3, 0.4) is 0 Å². The second kappa shape index (κ2) is 6.24. The summed E-state index contributed by atoms with van der Waals surface area (Å²) in [6.45, 7) is -1.19. The molecule has 0 bridgehead atoms. The Hall–Kier alpha value is -1.56. The van der Waals surface area contributed by atoms with E-state index in [0.29, 0.717) is 6.54 Å². The highest BCUT2D eigenvalue weighted by molar-refractivity contribution is 5.77. The van der Waals surface area contributed by atoms with E-state index in [1.807, 2.05) is 35.6 Å². The van der Waals surface area contributed by atoms with Crippen molar-refractivity contribution in [1.82, 2.24) is 10.6 Å². The predicted octanol–water partition coefficient (Wildman–Crippen LogP) is 1.45. The Bertz CT molecular complexity index is 351. The Kier molecular flexibility index (Phi) is 4.96. The van der Waals surface area contributed by atoms with E-state index in [0.717, 1.165) is 5.56 Å². The standard InChI is InChI=1S/C11H13F3N2O/c12-11(13,14)8-15-7-10(17)16-6-9-4-2-1-3-5-9/h1-5,15H,6-8H2,(H,16,17). The first kappa shape index (κ1) is 13.5. The quantitative estimate of drug-likeness (QED) is 0.825. The van der Waals surface area contributed by atoms with Crippen LogP contribution in [0, 0.1) is 0 Å². The normalized spacial score (nSPS) is 11.2. The zero-order chi connectivity index (χ0) is 12.7. The number of benzene rings is 1. The molecule has 0 aliphatic carbocycles. The van der Waals surface area contributed by atoms with E-state index in [1.54, 1.807) is 0 Å². The molecule has 1 rings (SSSR count). The van der Waals surface area contributed by atoms with Gasteiger partial charge in [-0.05, 0) is 5.56 Å². The highest BCUT2D eigenvalue weighted by atomic mass is 19.4. The molecule has 6 heteroatoms. The number of nitrogens with one attached hydrogen (secondary N) is 2. The van der Waals surface area contributed by atoms with Gasteiger partial charge in [0.2, 0.25) is 5.91 Å². The molecule has 94 valence electrons. The third-order valence-electron chi connectivity index (χ3n) is 1.94. The van der Waals surface area contributed by atoms with Gasteiger partial charge in [-0.3, -0.25) is 4.79 Å². The van der Waals surface area contributed by atoms with Crippen LogP contribution in [0.4, 0.5) is 13.2 Å². The summed E-state index contributed by atoms with van der Waals surface area (Å²) < 4.78 is 35.3. The number of hydrogen-bond acceptors (Lipinski definition) is 2. The van der Waals surface area contributed by atoms with Crippen molar-refractivity contribution in [1.29, 1.82) is 0 Å².